The molecule has 0 aromatic carbocycles. The Kier molecular flexibility index (Phi) is 12.4. The largest absolute Gasteiger partial charge is 0.395 e. The molecular weight excluding hydrogens is 158 g/mol. The number of rotatable bonds is 5. The minimum atomic E-state index is -0.371. The molecule has 0 aliphatic heterocycles. The highest BCUT2D eigenvalue weighted by atomic mass is 16.3. The zero-order valence-electron chi connectivity index (χ0n) is 8.00. The van der Waals surface area contributed by atoms with Gasteiger partial charge in [0.05, 0.1) is 25.8 Å². The molecule has 0 atom stereocenters. The maximum Gasteiger partial charge on any atom is 0.143 e. The van der Waals surface area contributed by atoms with Crippen molar-refractivity contribution in [3.05, 3.63) is 0 Å². The van der Waals surface area contributed by atoms with Gasteiger partial charge in [-0.2, -0.15) is 0 Å². The van der Waals surface area contributed by atoms with E-state index in [0.717, 1.165) is 0 Å². The van der Waals surface area contributed by atoms with Gasteiger partial charge in [0, 0.05) is 0 Å². The summed E-state index contributed by atoms with van der Waals surface area (Å²) in [5.41, 5.74) is 0. The number of aliphatic hydroxyl groups is 2. The Bertz CT molecular complexity index is 102. The van der Waals surface area contributed by atoms with Gasteiger partial charge in [-0.05, 0) is 6.92 Å². The van der Waals surface area contributed by atoms with Crippen molar-refractivity contribution in [2.24, 2.45) is 0 Å². The summed E-state index contributed by atoms with van der Waals surface area (Å²) in [6, 6.07) is -0.371. The van der Waals surface area contributed by atoms with E-state index in [9.17, 15) is 4.79 Å². The van der Waals surface area contributed by atoms with Gasteiger partial charge in [-0.15, -0.1) is 0 Å². The van der Waals surface area contributed by atoms with E-state index in [-0.39, 0.29) is 31.6 Å². The van der Waals surface area contributed by atoms with Crippen LogP contribution in [0, 0.1) is 0 Å². The molecule has 12 heavy (non-hydrogen) atoms. The van der Waals surface area contributed by atoms with Crippen LogP contribution in [0.25, 0.3) is 0 Å². The van der Waals surface area contributed by atoms with Crippen molar-refractivity contribution in [2.75, 3.05) is 19.8 Å². The van der Waals surface area contributed by atoms with Crippen molar-refractivity contribution < 1.29 is 15.0 Å². The Hall–Kier alpha value is -0.450. The van der Waals surface area contributed by atoms with Crippen LogP contribution in [0.4, 0.5) is 0 Å². The number of ketones is 1. The second-order valence-corrected chi connectivity index (χ2v) is 2.14. The van der Waals surface area contributed by atoms with E-state index in [1.807, 2.05) is 13.8 Å². The van der Waals surface area contributed by atoms with Crippen LogP contribution in [0.2, 0.25) is 0 Å². The Balaban J connectivity index is 0. The fraction of sp³-hybridized carbons (Fsp3) is 0.875. The van der Waals surface area contributed by atoms with Gasteiger partial charge in [0.25, 0.3) is 0 Å². The standard InChI is InChI=1S/C6H13NO3.C2H6/c1-5(10)2-7-6(3-8)4-9;1-2/h6-9H,2-4H2,1H3;1-2H3. The molecule has 0 spiro atoms. The van der Waals surface area contributed by atoms with Crippen molar-refractivity contribution in [2.45, 2.75) is 26.8 Å². The first kappa shape index (κ1) is 14.1. The van der Waals surface area contributed by atoms with Crippen molar-refractivity contribution in [3.8, 4) is 0 Å². The second kappa shape index (κ2) is 10.6. The van der Waals surface area contributed by atoms with Crippen LogP contribution in [0.15, 0.2) is 0 Å². The topological polar surface area (TPSA) is 69.6 Å². The van der Waals surface area contributed by atoms with Crippen molar-refractivity contribution in [1.29, 1.82) is 0 Å². The summed E-state index contributed by atoms with van der Waals surface area (Å²) in [7, 11) is 0. The molecule has 0 radical (unpaired) electrons. The molecule has 4 nitrogen and oxygen atoms in total. The van der Waals surface area contributed by atoms with Gasteiger partial charge < -0.3 is 15.5 Å². The quantitative estimate of drug-likeness (QED) is 0.531. The van der Waals surface area contributed by atoms with Gasteiger partial charge in [0.2, 0.25) is 0 Å². The second-order valence-electron chi connectivity index (χ2n) is 2.14. The van der Waals surface area contributed by atoms with Crippen molar-refractivity contribution >= 4 is 5.78 Å². The number of carbonyl (C=O) groups is 1. The number of Topliss-reactive ketones (excluding diaryl/α,β-unsaturated/α-hetero) is 1. The zero-order chi connectivity index (χ0) is 9.98. The lowest BCUT2D eigenvalue weighted by molar-refractivity contribution is -0.116. The fourth-order valence-electron chi connectivity index (χ4n) is 0.475. The predicted molar refractivity (Wildman–Crippen MR) is 48.0 cm³/mol. The Morgan fingerprint density at radius 2 is 1.75 bits per heavy atom. The van der Waals surface area contributed by atoms with Crippen LogP contribution in [0.1, 0.15) is 20.8 Å². The van der Waals surface area contributed by atoms with Gasteiger partial charge >= 0.3 is 0 Å². The lowest BCUT2D eigenvalue weighted by atomic mass is 10.3. The lowest BCUT2D eigenvalue weighted by Gasteiger charge is -2.10. The van der Waals surface area contributed by atoms with E-state index in [2.05, 4.69) is 5.32 Å². The van der Waals surface area contributed by atoms with Crippen LogP contribution < -0.4 is 5.32 Å². The highest BCUT2D eigenvalue weighted by Crippen LogP contribution is 1.77. The summed E-state index contributed by atoms with van der Waals surface area (Å²) < 4.78 is 0. The normalized spacial score (nSPS) is 9.17. The van der Waals surface area contributed by atoms with Crippen molar-refractivity contribution in [1.82, 2.24) is 5.32 Å². The SMILES string of the molecule is CC.CC(=O)CNC(CO)CO. The molecule has 3 N–H and O–H groups in total. The first-order valence-electron chi connectivity index (χ1n) is 4.15. The number of nitrogens with one attached hydrogen (secondary N) is 1. The van der Waals surface area contributed by atoms with Crippen LogP contribution in [0.3, 0.4) is 0 Å². The molecule has 4 heteroatoms. The molecule has 0 aromatic heterocycles. The number of hydrogen-bond donors (Lipinski definition) is 3. The van der Waals surface area contributed by atoms with E-state index in [1.165, 1.54) is 6.92 Å². The minimum absolute atomic E-state index is 0.00750. The molecule has 0 aromatic rings. The van der Waals surface area contributed by atoms with Gasteiger partial charge in [-0.25, -0.2) is 0 Å². The Morgan fingerprint density at radius 1 is 1.33 bits per heavy atom. The molecule has 0 rings (SSSR count). The molecule has 0 unspecified atom stereocenters. The Morgan fingerprint density at radius 3 is 2.00 bits per heavy atom. The first-order valence-corrected chi connectivity index (χ1v) is 4.15. The number of carbonyl (C=O) groups excluding carboxylic acids is 1. The summed E-state index contributed by atoms with van der Waals surface area (Å²) in [4.78, 5) is 10.4. The van der Waals surface area contributed by atoms with E-state index < -0.39 is 0 Å². The third-order valence-electron chi connectivity index (χ3n) is 1.08. The molecule has 0 saturated carbocycles. The van der Waals surface area contributed by atoms with Gasteiger partial charge in [0.1, 0.15) is 5.78 Å². The summed E-state index contributed by atoms with van der Waals surface area (Å²) in [5.74, 6) is -0.00750. The fourth-order valence-corrected chi connectivity index (χ4v) is 0.475. The van der Waals surface area contributed by atoms with Crippen LogP contribution in [0.5, 0.6) is 0 Å². The maximum absolute atomic E-state index is 10.4. The highest BCUT2D eigenvalue weighted by molar-refractivity contribution is 5.77. The van der Waals surface area contributed by atoms with E-state index in [4.69, 9.17) is 10.2 Å². The predicted octanol–water partition coefficient (Wildman–Crippen LogP) is -0.456. The van der Waals surface area contributed by atoms with Crippen LogP contribution >= 0.6 is 0 Å². The third-order valence-corrected chi connectivity index (χ3v) is 1.08. The van der Waals surface area contributed by atoms with E-state index in [1.54, 1.807) is 0 Å². The van der Waals surface area contributed by atoms with E-state index >= 15 is 0 Å². The zero-order valence-corrected chi connectivity index (χ0v) is 8.00. The average Bonchev–Trinajstić information content (AvgIpc) is 2.09. The third kappa shape index (κ3) is 9.55. The average molecular weight is 177 g/mol. The maximum atomic E-state index is 10.4. The van der Waals surface area contributed by atoms with Crippen molar-refractivity contribution in [3.63, 3.8) is 0 Å². The lowest BCUT2D eigenvalue weighted by Crippen LogP contribution is -2.38. The van der Waals surface area contributed by atoms with Crippen LogP contribution in [-0.4, -0.2) is 41.8 Å². The summed E-state index contributed by atoms with van der Waals surface area (Å²) in [6.45, 7) is 5.35. The summed E-state index contributed by atoms with van der Waals surface area (Å²) in [6.07, 6.45) is 0. The molecule has 0 fully saturated rings. The highest BCUT2D eigenvalue weighted by Gasteiger charge is 2.03. The van der Waals surface area contributed by atoms with Gasteiger partial charge in [-0.3, -0.25) is 4.79 Å². The first-order chi connectivity index (χ1) is 5.70. The van der Waals surface area contributed by atoms with E-state index in [0.29, 0.717) is 0 Å². The van der Waals surface area contributed by atoms with Gasteiger partial charge in [-0.1, -0.05) is 13.8 Å². The molecular formula is C8H19NO3. The Labute approximate surface area is 73.6 Å². The summed E-state index contributed by atoms with van der Waals surface area (Å²) >= 11 is 0. The van der Waals surface area contributed by atoms with Gasteiger partial charge in [0.15, 0.2) is 0 Å². The summed E-state index contributed by atoms with van der Waals surface area (Å²) in [5, 5.41) is 19.7. The molecule has 74 valence electrons. The molecule has 0 heterocycles. The molecule has 0 saturated heterocycles. The van der Waals surface area contributed by atoms with Crippen LogP contribution in [-0.2, 0) is 4.79 Å². The molecule has 0 amide bonds. The number of aliphatic hydroxyl groups excluding tert-OH is 2. The number of hydrogen-bond acceptors (Lipinski definition) is 4. The molecule has 0 aliphatic carbocycles. The molecule has 0 aliphatic rings. The minimum Gasteiger partial charge on any atom is -0.395 e. The monoisotopic (exact) mass is 177 g/mol. The molecule has 0 bridgehead atoms. The smallest absolute Gasteiger partial charge is 0.143 e.